The van der Waals surface area contributed by atoms with Crippen molar-refractivity contribution in [3.8, 4) is 0 Å². The highest BCUT2D eigenvalue weighted by atomic mass is 16.5. The van der Waals surface area contributed by atoms with E-state index < -0.39 is 0 Å². The van der Waals surface area contributed by atoms with E-state index in [2.05, 4.69) is 64.1 Å². The fraction of sp³-hybridized carbons (Fsp3) is 0.542. The molecule has 0 N–H and O–H groups in total. The molecule has 2 heteroatoms. The lowest BCUT2D eigenvalue weighted by Gasteiger charge is -2.37. The number of esters is 1. The van der Waals surface area contributed by atoms with E-state index in [1.807, 2.05) is 0 Å². The van der Waals surface area contributed by atoms with E-state index in [9.17, 15) is 4.79 Å². The van der Waals surface area contributed by atoms with Crippen molar-refractivity contribution in [3.63, 3.8) is 0 Å². The molecule has 0 aromatic heterocycles. The maximum Gasteiger partial charge on any atom is 0.305 e. The zero-order valence-electron chi connectivity index (χ0n) is 16.4. The van der Waals surface area contributed by atoms with Gasteiger partial charge < -0.3 is 4.74 Å². The third-order valence-corrected chi connectivity index (χ3v) is 6.79. The van der Waals surface area contributed by atoms with Gasteiger partial charge in [-0.15, -0.1) is 0 Å². The van der Waals surface area contributed by atoms with E-state index in [0.717, 1.165) is 12.8 Å². The van der Waals surface area contributed by atoms with Crippen LogP contribution >= 0.6 is 0 Å². The second-order valence-electron chi connectivity index (χ2n) is 8.86. The Kier molecular flexibility index (Phi) is 4.33. The van der Waals surface area contributed by atoms with Crippen LogP contribution in [-0.4, -0.2) is 12.6 Å². The van der Waals surface area contributed by atoms with Crippen molar-refractivity contribution >= 4 is 5.97 Å². The molecule has 1 aromatic rings. The summed E-state index contributed by atoms with van der Waals surface area (Å²) >= 11 is 0. The van der Waals surface area contributed by atoms with Crippen LogP contribution in [0.5, 0.6) is 0 Å². The first-order valence-electron chi connectivity index (χ1n) is 10.1. The first-order valence-corrected chi connectivity index (χ1v) is 10.1. The predicted octanol–water partition coefficient (Wildman–Crippen LogP) is 5.64. The molecule has 0 saturated carbocycles. The molecule has 3 unspecified atom stereocenters. The van der Waals surface area contributed by atoms with Crippen LogP contribution in [-0.2, 0) is 14.9 Å². The maximum absolute atomic E-state index is 12.0. The summed E-state index contributed by atoms with van der Waals surface area (Å²) in [5, 5.41) is 0. The van der Waals surface area contributed by atoms with Crippen LogP contribution < -0.4 is 0 Å². The molecule has 26 heavy (non-hydrogen) atoms. The molecule has 0 radical (unpaired) electrons. The molecule has 1 aromatic carbocycles. The number of hydrogen-bond donors (Lipinski definition) is 0. The number of allylic oxidation sites excluding steroid dienone is 4. The average Bonchev–Trinajstić information content (AvgIpc) is 2.73. The van der Waals surface area contributed by atoms with Gasteiger partial charge in [0.25, 0.3) is 0 Å². The van der Waals surface area contributed by atoms with Crippen LogP contribution in [0.4, 0.5) is 0 Å². The number of cyclic esters (lactones) is 1. The van der Waals surface area contributed by atoms with Crippen LogP contribution in [0.3, 0.4) is 0 Å². The molecule has 3 atom stereocenters. The SMILES string of the molecule is CC(C)C1=CC2C(C=C1)c1ccc(C(C)C)cc1C21CCOC(=O)CC1. The van der Waals surface area contributed by atoms with Crippen LogP contribution in [0.25, 0.3) is 0 Å². The van der Waals surface area contributed by atoms with E-state index in [0.29, 0.717) is 36.7 Å². The van der Waals surface area contributed by atoms with Crippen molar-refractivity contribution in [2.75, 3.05) is 6.61 Å². The minimum absolute atomic E-state index is 0.0297. The van der Waals surface area contributed by atoms with E-state index in [4.69, 9.17) is 4.74 Å². The predicted molar refractivity (Wildman–Crippen MR) is 105 cm³/mol. The summed E-state index contributed by atoms with van der Waals surface area (Å²) in [6.07, 6.45) is 9.62. The number of hydrogen-bond acceptors (Lipinski definition) is 2. The lowest BCUT2D eigenvalue weighted by atomic mass is 9.66. The minimum atomic E-state index is -0.0358. The van der Waals surface area contributed by atoms with Crippen molar-refractivity contribution in [1.82, 2.24) is 0 Å². The van der Waals surface area contributed by atoms with Crippen LogP contribution in [0.15, 0.2) is 42.0 Å². The molecule has 1 spiro atoms. The Bertz CT molecular complexity index is 783. The summed E-state index contributed by atoms with van der Waals surface area (Å²) in [4.78, 5) is 12.0. The average molecular weight is 351 g/mol. The topological polar surface area (TPSA) is 26.3 Å². The number of benzene rings is 1. The van der Waals surface area contributed by atoms with Crippen molar-refractivity contribution in [2.45, 2.75) is 64.2 Å². The highest BCUT2D eigenvalue weighted by Gasteiger charge is 2.51. The Morgan fingerprint density at radius 1 is 1.12 bits per heavy atom. The van der Waals surface area contributed by atoms with Gasteiger partial charge in [0.1, 0.15) is 0 Å². The van der Waals surface area contributed by atoms with Gasteiger partial charge >= 0.3 is 5.97 Å². The molecule has 1 saturated heterocycles. The quantitative estimate of drug-likeness (QED) is 0.645. The first-order chi connectivity index (χ1) is 12.4. The van der Waals surface area contributed by atoms with Gasteiger partial charge in [-0.25, -0.2) is 0 Å². The third kappa shape index (κ3) is 2.66. The summed E-state index contributed by atoms with van der Waals surface area (Å²) in [6, 6.07) is 7.08. The van der Waals surface area contributed by atoms with E-state index in [1.165, 1.54) is 22.3 Å². The molecule has 2 nitrogen and oxygen atoms in total. The minimum Gasteiger partial charge on any atom is -0.466 e. The number of fused-ring (bicyclic) bond motifs is 5. The molecule has 0 bridgehead atoms. The number of ether oxygens (including phenoxy) is 1. The lowest BCUT2D eigenvalue weighted by Crippen LogP contribution is -2.33. The standard InChI is InChI=1S/C24H30O2/c1-15(2)17-5-7-19-20-8-6-18(16(3)4)14-22(20)24(21(19)13-17)10-9-23(25)26-12-11-24/h5-8,13-16,19,21H,9-12H2,1-4H3. The molecule has 1 fully saturated rings. The van der Waals surface area contributed by atoms with Gasteiger partial charge in [0.2, 0.25) is 0 Å². The van der Waals surface area contributed by atoms with Crippen LogP contribution in [0.1, 0.15) is 75.5 Å². The summed E-state index contributed by atoms with van der Waals surface area (Å²) in [6.45, 7) is 9.59. The van der Waals surface area contributed by atoms with E-state index in [-0.39, 0.29) is 11.4 Å². The second-order valence-corrected chi connectivity index (χ2v) is 8.86. The Morgan fingerprint density at radius 3 is 2.65 bits per heavy atom. The molecule has 3 aliphatic rings. The van der Waals surface area contributed by atoms with E-state index in [1.54, 1.807) is 0 Å². The smallest absolute Gasteiger partial charge is 0.305 e. The summed E-state index contributed by atoms with van der Waals surface area (Å²) in [5.41, 5.74) is 5.79. The lowest BCUT2D eigenvalue weighted by molar-refractivity contribution is -0.142. The highest BCUT2D eigenvalue weighted by molar-refractivity contribution is 5.70. The Balaban J connectivity index is 1.87. The van der Waals surface area contributed by atoms with Gasteiger partial charge in [0.05, 0.1) is 6.61 Å². The first kappa shape index (κ1) is 17.6. The van der Waals surface area contributed by atoms with Gasteiger partial charge in [-0.05, 0) is 52.9 Å². The summed E-state index contributed by atoms with van der Waals surface area (Å²) in [5.74, 6) is 1.88. The zero-order chi connectivity index (χ0) is 18.5. The van der Waals surface area contributed by atoms with Gasteiger partial charge in [0, 0.05) is 17.8 Å². The molecule has 2 aliphatic carbocycles. The normalized spacial score (nSPS) is 30.2. The van der Waals surface area contributed by atoms with E-state index >= 15 is 0 Å². The number of rotatable bonds is 2. The molecule has 138 valence electrons. The monoisotopic (exact) mass is 350 g/mol. The highest BCUT2D eigenvalue weighted by Crippen LogP contribution is 2.58. The van der Waals surface area contributed by atoms with Crippen LogP contribution in [0.2, 0.25) is 0 Å². The maximum atomic E-state index is 12.0. The molecule has 1 heterocycles. The Morgan fingerprint density at radius 2 is 1.92 bits per heavy atom. The fourth-order valence-electron chi connectivity index (χ4n) is 5.19. The molecule has 4 rings (SSSR count). The second kappa shape index (κ2) is 6.40. The Hall–Kier alpha value is -1.83. The largest absolute Gasteiger partial charge is 0.466 e. The number of carbonyl (C=O) groups excluding carboxylic acids is 1. The van der Waals surface area contributed by atoms with Crippen LogP contribution in [0, 0.1) is 11.8 Å². The fourth-order valence-corrected chi connectivity index (χ4v) is 5.19. The zero-order valence-corrected chi connectivity index (χ0v) is 16.4. The molecule has 0 amide bonds. The molecular weight excluding hydrogens is 320 g/mol. The Labute approximate surface area is 157 Å². The molecule has 1 aliphatic heterocycles. The van der Waals surface area contributed by atoms with Crippen molar-refractivity contribution in [3.05, 3.63) is 58.7 Å². The van der Waals surface area contributed by atoms with Gasteiger partial charge in [-0.1, -0.05) is 64.1 Å². The third-order valence-electron chi connectivity index (χ3n) is 6.79. The van der Waals surface area contributed by atoms with Crippen molar-refractivity contribution in [2.24, 2.45) is 11.8 Å². The van der Waals surface area contributed by atoms with Gasteiger partial charge in [-0.3, -0.25) is 4.79 Å². The summed E-state index contributed by atoms with van der Waals surface area (Å²) in [7, 11) is 0. The van der Waals surface area contributed by atoms with Gasteiger partial charge in [-0.2, -0.15) is 0 Å². The molecular formula is C24H30O2. The van der Waals surface area contributed by atoms with Crippen molar-refractivity contribution < 1.29 is 9.53 Å². The van der Waals surface area contributed by atoms with Crippen molar-refractivity contribution in [1.29, 1.82) is 0 Å². The van der Waals surface area contributed by atoms with Gasteiger partial charge in [0.15, 0.2) is 0 Å². The summed E-state index contributed by atoms with van der Waals surface area (Å²) < 4.78 is 5.46. The number of carbonyl (C=O) groups is 1.